The van der Waals surface area contributed by atoms with E-state index in [4.69, 9.17) is 0 Å². The zero-order valence-corrected chi connectivity index (χ0v) is 13.6. The van der Waals surface area contributed by atoms with Crippen LogP contribution in [0.1, 0.15) is 21.5 Å². The molecular formula is C17H15BrN2O2. The fourth-order valence-corrected chi connectivity index (χ4v) is 2.08. The Morgan fingerprint density at radius 2 is 1.77 bits per heavy atom. The van der Waals surface area contributed by atoms with Crippen molar-refractivity contribution in [3.05, 3.63) is 75.8 Å². The van der Waals surface area contributed by atoms with E-state index >= 15 is 0 Å². The number of carbonyl (C=O) groups excluding carboxylic acids is 2. The molecule has 2 aromatic rings. The molecule has 0 atom stereocenters. The lowest BCUT2D eigenvalue weighted by Crippen LogP contribution is -2.40. The molecule has 0 bridgehead atoms. The van der Waals surface area contributed by atoms with E-state index in [1.54, 1.807) is 18.2 Å². The van der Waals surface area contributed by atoms with E-state index in [1.165, 1.54) is 6.08 Å². The summed E-state index contributed by atoms with van der Waals surface area (Å²) in [5.41, 5.74) is 7.12. The van der Waals surface area contributed by atoms with Gasteiger partial charge in [-0.3, -0.25) is 20.4 Å². The Bertz CT molecular complexity index is 712. The Labute approximate surface area is 137 Å². The maximum absolute atomic E-state index is 11.9. The molecule has 2 amide bonds. The van der Waals surface area contributed by atoms with E-state index in [-0.39, 0.29) is 5.91 Å². The number of hydrazine groups is 1. The maximum atomic E-state index is 11.9. The molecule has 0 saturated carbocycles. The van der Waals surface area contributed by atoms with Crippen LogP contribution in [0.25, 0.3) is 6.08 Å². The number of rotatable bonds is 3. The van der Waals surface area contributed by atoms with Crippen molar-refractivity contribution in [3.63, 3.8) is 0 Å². The Hall–Kier alpha value is -2.40. The second-order valence-corrected chi connectivity index (χ2v) is 5.51. The summed E-state index contributed by atoms with van der Waals surface area (Å²) in [6.45, 7) is 1.93. The van der Waals surface area contributed by atoms with Crippen molar-refractivity contribution in [2.75, 3.05) is 0 Å². The van der Waals surface area contributed by atoms with Crippen molar-refractivity contribution >= 4 is 33.8 Å². The second-order valence-electron chi connectivity index (χ2n) is 4.65. The second kappa shape index (κ2) is 7.56. The lowest BCUT2D eigenvalue weighted by atomic mass is 10.1. The summed E-state index contributed by atoms with van der Waals surface area (Å²) < 4.78 is 0.843. The average molecular weight is 359 g/mol. The third-order valence-corrected chi connectivity index (χ3v) is 3.81. The normalized spacial score (nSPS) is 10.5. The number of halogens is 1. The average Bonchev–Trinajstić information content (AvgIpc) is 2.54. The molecule has 2 rings (SSSR count). The highest BCUT2D eigenvalue weighted by Crippen LogP contribution is 2.17. The summed E-state index contributed by atoms with van der Waals surface area (Å²) in [6, 6.07) is 14.7. The van der Waals surface area contributed by atoms with E-state index in [9.17, 15) is 9.59 Å². The lowest BCUT2D eigenvalue weighted by molar-refractivity contribution is -0.117. The number of aryl methyl sites for hydroxylation is 1. The number of amides is 2. The first-order valence-corrected chi connectivity index (χ1v) is 7.45. The molecule has 0 radical (unpaired) electrons. The number of benzene rings is 2. The van der Waals surface area contributed by atoms with Crippen LogP contribution < -0.4 is 10.9 Å². The van der Waals surface area contributed by atoms with Crippen molar-refractivity contribution in [1.29, 1.82) is 0 Å². The number of hydrogen-bond acceptors (Lipinski definition) is 2. The van der Waals surface area contributed by atoms with Crippen molar-refractivity contribution in [1.82, 2.24) is 10.9 Å². The Kier molecular flexibility index (Phi) is 5.49. The first kappa shape index (κ1) is 16.0. The third kappa shape index (κ3) is 4.56. The van der Waals surface area contributed by atoms with E-state index < -0.39 is 5.91 Å². The van der Waals surface area contributed by atoms with Gasteiger partial charge in [0.1, 0.15) is 0 Å². The molecule has 0 aliphatic carbocycles. The van der Waals surface area contributed by atoms with Gasteiger partial charge >= 0.3 is 0 Å². The largest absolute Gasteiger partial charge is 0.269 e. The lowest BCUT2D eigenvalue weighted by Gasteiger charge is -2.06. The van der Waals surface area contributed by atoms with Crippen LogP contribution in [0, 0.1) is 6.92 Å². The molecule has 0 aromatic heterocycles. The van der Waals surface area contributed by atoms with Gasteiger partial charge in [-0.25, -0.2) is 0 Å². The standard InChI is InChI=1S/C17H15BrN2O2/c1-12-7-9-14(11-15(12)18)17(22)20-19-16(21)10-8-13-5-3-2-4-6-13/h2-11H,1H3,(H,19,21)(H,20,22)/b10-8+. The van der Waals surface area contributed by atoms with E-state index in [0.29, 0.717) is 5.56 Å². The summed E-state index contributed by atoms with van der Waals surface area (Å²) in [5, 5.41) is 0. The summed E-state index contributed by atoms with van der Waals surface area (Å²) in [4.78, 5) is 23.6. The predicted octanol–water partition coefficient (Wildman–Crippen LogP) is 3.23. The van der Waals surface area contributed by atoms with Crippen LogP contribution in [0.15, 0.2) is 59.1 Å². The number of carbonyl (C=O) groups is 2. The van der Waals surface area contributed by atoms with Gasteiger partial charge < -0.3 is 0 Å². The Morgan fingerprint density at radius 1 is 1.05 bits per heavy atom. The van der Waals surface area contributed by atoms with Gasteiger partial charge in [-0.15, -0.1) is 0 Å². The maximum Gasteiger partial charge on any atom is 0.269 e. The molecule has 0 fully saturated rings. The highest BCUT2D eigenvalue weighted by molar-refractivity contribution is 9.10. The van der Waals surface area contributed by atoms with Crippen molar-refractivity contribution < 1.29 is 9.59 Å². The zero-order valence-electron chi connectivity index (χ0n) is 12.0. The van der Waals surface area contributed by atoms with Crippen molar-refractivity contribution in [3.8, 4) is 0 Å². The molecule has 22 heavy (non-hydrogen) atoms. The van der Waals surface area contributed by atoms with Gasteiger partial charge in [-0.1, -0.05) is 52.3 Å². The SMILES string of the molecule is Cc1ccc(C(=O)NNC(=O)/C=C/c2ccccc2)cc1Br. The molecule has 5 heteroatoms. The Morgan fingerprint density at radius 3 is 2.45 bits per heavy atom. The van der Waals surface area contributed by atoms with Crippen LogP contribution >= 0.6 is 15.9 Å². The highest BCUT2D eigenvalue weighted by Gasteiger charge is 2.07. The molecule has 0 aliphatic heterocycles. The van der Waals surface area contributed by atoms with Crippen molar-refractivity contribution in [2.24, 2.45) is 0 Å². The van der Waals surface area contributed by atoms with Gasteiger partial charge in [0, 0.05) is 16.1 Å². The van der Waals surface area contributed by atoms with Crippen LogP contribution in [-0.4, -0.2) is 11.8 Å². The summed E-state index contributed by atoms with van der Waals surface area (Å²) in [5.74, 6) is -0.773. The number of nitrogens with one attached hydrogen (secondary N) is 2. The molecule has 2 aromatic carbocycles. The first-order valence-electron chi connectivity index (χ1n) is 6.66. The number of hydrogen-bond donors (Lipinski definition) is 2. The molecule has 0 aliphatic rings. The van der Waals surface area contributed by atoms with E-state index in [1.807, 2.05) is 43.3 Å². The van der Waals surface area contributed by atoms with Crippen LogP contribution in [0.3, 0.4) is 0 Å². The molecular weight excluding hydrogens is 344 g/mol. The van der Waals surface area contributed by atoms with Gasteiger partial charge in [-0.2, -0.15) is 0 Å². The minimum absolute atomic E-state index is 0.373. The van der Waals surface area contributed by atoms with Gasteiger partial charge in [0.2, 0.25) is 0 Å². The third-order valence-electron chi connectivity index (χ3n) is 2.96. The summed E-state index contributed by atoms with van der Waals surface area (Å²) >= 11 is 3.37. The molecule has 0 heterocycles. The molecule has 112 valence electrons. The topological polar surface area (TPSA) is 58.2 Å². The van der Waals surface area contributed by atoms with E-state index in [0.717, 1.165) is 15.6 Å². The minimum Gasteiger partial charge on any atom is -0.268 e. The van der Waals surface area contributed by atoms with Gasteiger partial charge in [0.15, 0.2) is 0 Å². The predicted molar refractivity (Wildman–Crippen MR) is 90.0 cm³/mol. The molecule has 0 saturated heterocycles. The van der Waals surface area contributed by atoms with Crippen LogP contribution in [0.5, 0.6) is 0 Å². The first-order chi connectivity index (χ1) is 10.6. The van der Waals surface area contributed by atoms with Crippen molar-refractivity contribution in [2.45, 2.75) is 6.92 Å². The quantitative estimate of drug-likeness (QED) is 0.653. The monoisotopic (exact) mass is 358 g/mol. The van der Waals surface area contributed by atoms with Crippen LogP contribution in [0.2, 0.25) is 0 Å². The smallest absolute Gasteiger partial charge is 0.268 e. The van der Waals surface area contributed by atoms with Crippen LogP contribution in [0.4, 0.5) is 0 Å². The fourth-order valence-electron chi connectivity index (χ4n) is 1.70. The van der Waals surface area contributed by atoms with Gasteiger partial charge in [-0.05, 0) is 36.3 Å². The Balaban J connectivity index is 1.89. The van der Waals surface area contributed by atoms with Gasteiger partial charge in [0.25, 0.3) is 11.8 Å². The molecule has 2 N–H and O–H groups in total. The fraction of sp³-hybridized carbons (Fsp3) is 0.0588. The summed E-state index contributed by atoms with van der Waals surface area (Å²) in [7, 11) is 0. The zero-order chi connectivity index (χ0) is 15.9. The molecule has 4 nitrogen and oxygen atoms in total. The van der Waals surface area contributed by atoms with E-state index in [2.05, 4.69) is 26.8 Å². The molecule has 0 spiro atoms. The molecule has 0 unspecified atom stereocenters. The highest BCUT2D eigenvalue weighted by atomic mass is 79.9. The summed E-state index contributed by atoms with van der Waals surface area (Å²) in [6.07, 6.45) is 3.03. The minimum atomic E-state index is -0.400. The van der Waals surface area contributed by atoms with Gasteiger partial charge in [0.05, 0.1) is 0 Å². The van der Waals surface area contributed by atoms with Crippen LogP contribution in [-0.2, 0) is 4.79 Å².